The normalized spacial score (nSPS) is 21.5. The minimum absolute atomic E-state index is 0.111. The fourth-order valence-electron chi connectivity index (χ4n) is 2.56. The number of methoxy groups -OCH3 is 1. The van der Waals surface area contributed by atoms with Crippen molar-refractivity contribution in [1.82, 2.24) is 4.90 Å². The molecule has 2 rings (SSSR count). The number of amides is 1. The molecule has 1 atom stereocenters. The molecule has 1 heterocycles. The molecule has 19 heavy (non-hydrogen) atoms. The SMILES string of the molecule is COc1ccc(Br)cc1C(=O)N1CC(O)CC1(C)C. The van der Waals surface area contributed by atoms with E-state index in [0.717, 1.165) is 4.47 Å². The maximum Gasteiger partial charge on any atom is 0.258 e. The van der Waals surface area contributed by atoms with Gasteiger partial charge in [-0.3, -0.25) is 4.79 Å². The molecule has 1 N–H and O–H groups in total. The fraction of sp³-hybridized carbons (Fsp3) is 0.500. The molecule has 0 aromatic heterocycles. The average molecular weight is 328 g/mol. The average Bonchev–Trinajstić information content (AvgIpc) is 2.61. The summed E-state index contributed by atoms with van der Waals surface area (Å²) in [6.45, 7) is 4.29. The second-order valence-corrected chi connectivity index (χ2v) is 6.35. The molecule has 4 nitrogen and oxygen atoms in total. The number of carbonyl (C=O) groups excluding carboxylic acids is 1. The van der Waals surface area contributed by atoms with Crippen LogP contribution in [-0.2, 0) is 0 Å². The number of halogens is 1. The number of aliphatic hydroxyl groups is 1. The van der Waals surface area contributed by atoms with Gasteiger partial charge in [-0.05, 0) is 38.5 Å². The second-order valence-electron chi connectivity index (χ2n) is 5.43. The summed E-state index contributed by atoms with van der Waals surface area (Å²) in [4.78, 5) is 14.4. The molecular weight excluding hydrogens is 310 g/mol. The van der Waals surface area contributed by atoms with E-state index in [4.69, 9.17) is 4.74 Å². The molecule has 0 bridgehead atoms. The number of hydrogen-bond donors (Lipinski definition) is 1. The van der Waals surface area contributed by atoms with Crippen LogP contribution in [0.2, 0.25) is 0 Å². The zero-order valence-corrected chi connectivity index (χ0v) is 12.9. The summed E-state index contributed by atoms with van der Waals surface area (Å²) in [6.07, 6.45) is 0.131. The van der Waals surface area contributed by atoms with E-state index < -0.39 is 6.10 Å². The number of rotatable bonds is 2. The molecule has 0 radical (unpaired) electrons. The molecule has 5 heteroatoms. The third kappa shape index (κ3) is 2.77. The molecule has 1 aliphatic rings. The molecule has 0 spiro atoms. The highest BCUT2D eigenvalue weighted by Crippen LogP contribution is 2.33. The molecular formula is C14H18BrNO3. The van der Waals surface area contributed by atoms with Gasteiger partial charge in [0.25, 0.3) is 5.91 Å². The summed E-state index contributed by atoms with van der Waals surface area (Å²) >= 11 is 3.37. The molecule has 0 aliphatic carbocycles. The molecule has 1 aliphatic heterocycles. The van der Waals surface area contributed by atoms with E-state index in [2.05, 4.69) is 15.9 Å². The molecule has 1 aromatic rings. The molecule has 1 amide bonds. The van der Waals surface area contributed by atoms with E-state index in [1.54, 1.807) is 24.1 Å². The van der Waals surface area contributed by atoms with Gasteiger partial charge in [-0.2, -0.15) is 0 Å². The van der Waals surface area contributed by atoms with Crippen LogP contribution in [0.25, 0.3) is 0 Å². The molecule has 1 saturated heterocycles. The summed E-state index contributed by atoms with van der Waals surface area (Å²) in [6, 6.07) is 5.35. The van der Waals surface area contributed by atoms with Gasteiger partial charge in [0, 0.05) is 16.6 Å². The van der Waals surface area contributed by atoms with E-state index in [0.29, 0.717) is 24.3 Å². The van der Waals surface area contributed by atoms with Gasteiger partial charge in [0.15, 0.2) is 0 Å². The topological polar surface area (TPSA) is 49.8 Å². The minimum atomic E-state index is -0.461. The van der Waals surface area contributed by atoms with E-state index in [9.17, 15) is 9.90 Å². The van der Waals surface area contributed by atoms with Gasteiger partial charge in [-0.25, -0.2) is 0 Å². The summed E-state index contributed by atoms with van der Waals surface area (Å²) in [7, 11) is 1.55. The van der Waals surface area contributed by atoms with E-state index in [1.165, 1.54) is 0 Å². The Morgan fingerprint density at radius 2 is 2.21 bits per heavy atom. The van der Waals surface area contributed by atoms with Crippen LogP contribution in [-0.4, -0.2) is 41.2 Å². The second kappa shape index (κ2) is 5.13. The van der Waals surface area contributed by atoms with Crippen molar-refractivity contribution in [3.63, 3.8) is 0 Å². The predicted molar refractivity (Wildman–Crippen MR) is 76.4 cm³/mol. The lowest BCUT2D eigenvalue weighted by molar-refractivity contribution is 0.0637. The maximum absolute atomic E-state index is 12.7. The van der Waals surface area contributed by atoms with Crippen LogP contribution in [0.1, 0.15) is 30.6 Å². The first-order valence-electron chi connectivity index (χ1n) is 6.19. The summed E-state index contributed by atoms with van der Waals surface area (Å²) < 4.78 is 6.07. The Labute approximate surface area is 121 Å². The molecule has 1 unspecified atom stereocenters. The molecule has 0 saturated carbocycles. The Morgan fingerprint density at radius 1 is 1.53 bits per heavy atom. The number of nitrogens with zero attached hydrogens (tertiary/aromatic N) is 1. The van der Waals surface area contributed by atoms with Crippen LogP contribution in [0.5, 0.6) is 5.75 Å². The zero-order chi connectivity index (χ0) is 14.2. The van der Waals surface area contributed by atoms with Crippen molar-refractivity contribution in [2.24, 2.45) is 0 Å². The van der Waals surface area contributed by atoms with E-state index in [-0.39, 0.29) is 11.4 Å². The molecule has 104 valence electrons. The lowest BCUT2D eigenvalue weighted by Crippen LogP contribution is -2.42. The Bertz CT molecular complexity index is 501. The van der Waals surface area contributed by atoms with Gasteiger partial charge in [-0.1, -0.05) is 15.9 Å². The number of aliphatic hydroxyl groups excluding tert-OH is 1. The third-order valence-corrected chi connectivity index (χ3v) is 3.99. The van der Waals surface area contributed by atoms with E-state index >= 15 is 0 Å². The minimum Gasteiger partial charge on any atom is -0.496 e. The van der Waals surface area contributed by atoms with Crippen molar-refractivity contribution in [3.8, 4) is 5.75 Å². The standard InChI is InChI=1S/C14H18BrNO3/c1-14(2)7-10(17)8-16(14)13(18)11-6-9(15)4-5-12(11)19-3/h4-6,10,17H,7-8H2,1-3H3. The first kappa shape index (κ1) is 14.3. The predicted octanol–water partition coefficient (Wildman–Crippen LogP) is 2.44. The van der Waals surface area contributed by atoms with Crippen molar-refractivity contribution in [1.29, 1.82) is 0 Å². The number of hydrogen-bond acceptors (Lipinski definition) is 3. The number of carbonyl (C=O) groups is 1. The van der Waals surface area contributed by atoms with Crippen molar-refractivity contribution < 1.29 is 14.6 Å². The Kier molecular flexibility index (Phi) is 3.87. The van der Waals surface area contributed by atoms with Crippen molar-refractivity contribution in [2.45, 2.75) is 31.9 Å². The number of benzene rings is 1. The summed E-state index contributed by atoms with van der Waals surface area (Å²) in [5.41, 5.74) is 0.170. The van der Waals surface area contributed by atoms with E-state index in [1.807, 2.05) is 19.9 Å². The summed E-state index contributed by atoms with van der Waals surface area (Å²) in [5, 5.41) is 9.78. The van der Waals surface area contributed by atoms with Crippen LogP contribution in [0.15, 0.2) is 22.7 Å². The lowest BCUT2D eigenvalue weighted by atomic mass is 10.0. The molecule has 1 fully saturated rings. The lowest BCUT2D eigenvalue weighted by Gasteiger charge is -2.31. The maximum atomic E-state index is 12.7. The molecule has 1 aromatic carbocycles. The Morgan fingerprint density at radius 3 is 2.74 bits per heavy atom. The highest BCUT2D eigenvalue weighted by Gasteiger charge is 2.41. The first-order chi connectivity index (χ1) is 8.85. The quantitative estimate of drug-likeness (QED) is 0.907. The van der Waals surface area contributed by atoms with Gasteiger partial charge in [-0.15, -0.1) is 0 Å². The highest BCUT2D eigenvalue weighted by molar-refractivity contribution is 9.10. The monoisotopic (exact) mass is 327 g/mol. The zero-order valence-electron chi connectivity index (χ0n) is 11.3. The number of likely N-dealkylation sites (tertiary alicyclic amines) is 1. The Hall–Kier alpha value is -1.07. The third-order valence-electron chi connectivity index (χ3n) is 3.50. The summed E-state index contributed by atoms with van der Waals surface area (Å²) in [5.74, 6) is 0.435. The van der Waals surface area contributed by atoms with Gasteiger partial charge >= 0.3 is 0 Å². The van der Waals surface area contributed by atoms with Crippen molar-refractivity contribution >= 4 is 21.8 Å². The number of ether oxygens (including phenoxy) is 1. The van der Waals surface area contributed by atoms with Gasteiger partial charge < -0.3 is 14.7 Å². The first-order valence-corrected chi connectivity index (χ1v) is 6.98. The van der Waals surface area contributed by atoms with Crippen LogP contribution in [0.4, 0.5) is 0 Å². The van der Waals surface area contributed by atoms with Gasteiger partial charge in [0.05, 0.1) is 18.8 Å². The smallest absolute Gasteiger partial charge is 0.258 e. The Balaban J connectivity index is 2.37. The van der Waals surface area contributed by atoms with Crippen LogP contribution in [0, 0.1) is 0 Å². The van der Waals surface area contributed by atoms with Gasteiger partial charge in [0.2, 0.25) is 0 Å². The highest BCUT2D eigenvalue weighted by atomic mass is 79.9. The van der Waals surface area contributed by atoms with Crippen LogP contribution in [0.3, 0.4) is 0 Å². The van der Waals surface area contributed by atoms with Crippen LogP contribution >= 0.6 is 15.9 Å². The largest absolute Gasteiger partial charge is 0.496 e. The van der Waals surface area contributed by atoms with Crippen molar-refractivity contribution in [3.05, 3.63) is 28.2 Å². The number of β-amino-alcohol motifs (C(OH)–C–C–N with tert-alkyl or cyclic N) is 1. The van der Waals surface area contributed by atoms with Crippen molar-refractivity contribution in [2.75, 3.05) is 13.7 Å². The van der Waals surface area contributed by atoms with Gasteiger partial charge in [0.1, 0.15) is 5.75 Å². The van der Waals surface area contributed by atoms with Crippen LogP contribution < -0.4 is 4.74 Å². The fourth-order valence-corrected chi connectivity index (χ4v) is 2.92.